The molecule has 1 N–H and O–H groups in total. The van der Waals surface area contributed by atoms with Crippen molar-refractivity contribution in [2.45, 2.75) is 43.9 Å². The van der Waals surface area contributed by atoms with Gasteiger partial charge < -0.3 is 5.32 Å². The number of thioether (sulfide) groups is 1. The summed E-state index contributed by atoms with van der Waals surface area (Å²) in [6.45, 7) is 9.66. The summed E-state index contributed by atoms with van der Waals surface area (Å²) in [6, 6.07) is 12.2. The highest BCUT2D eigenvalue weighted by Crippen LogP contribution is 2.32. The molecule has 0 spiro atoms. The monoisotopic (exact) mass is 301 g/mol. The molecule has 0 saturated heterocycles. The molecule has 0 saturated carbocycles. The third-order valence-electron chi connectivity index (χ3n) is 2.70. The minimum absolute atomic E-state index is 0.129. The Kier molecular flexibility index (Phi) is 5.23. The van der Waals surface area contributed by atoms with Crippen LogP contribution in [-0.2, 0) is 0 Å². The third-order valence-corrected chi connectivity index (χ3v) is 3.73. The van der Waals surface area contributed by atoms with E-state index in [1.165, 1.54) is 0 Å². The molecule has 0 fully saturated rings. The fourth-order valence-electron chi connectivity index (χ4n) is 1.85. The Bertz CT molecular complexity index is 576. The zero-order chi connectivity index (χ0) is 15.3. The van der Waals surface area contributed by atoms with Gasteiger partial charge in [0.05, 0.1) is 0 Å². The molecule has 2 rings (SSSR count). The summed E-state index contributed by atoms with van der Waals surface area (Å²) < 4.78 is 0.129. The van der Waals surface area contributed by atoms with E-state index in [4.69, 9.17) is 4.98 Å². The van der Waals surface area contributed by atoms with E-state index in [0.717, 1.165) is 35.2 Å². The number of benzene rings is 1. The van der Waals surface area contributed by atoms with Gasteiger partial charge in [-0.25, -0.2) is 9.97 Å². The number of nitrogens with one attached hydrogen (secondary N) is 1. The normalized spacial score (nSPS) is 11.4. The van der Waals surface area contributed by atoms with Crippen molar-refractivity contribution in [1.82, 2.24) is 9.97 Å². The lowest BCUT2D eigenvalue weighted by Gasteiger charge is -2.18. The van der Waals surface area contributed by atoms with Gasteiger partial charge in [-0.1, -0.05) is 58.0 Å². The van der Waals surface area contributed by atoms with Crippen molar-refractivity contribution < 1.29 is 0 Å². The minimum Gasteiger partial charge on any atom is -0.370 e. The van der Waals surface area contributed by atoms with E-state index in [1.807, 2.05) is 36.4 Å². The van der Waals surface area contributed by atoms with Crippen LogP contribution >= 0.6 is 11.8 Å². The first-order chi connectivity index (χ1) is 9.98. The Labute approximate surface area is 131 Å². The number of rotatable bonds is 5. The standard InChI is InChI=1S/C17H23N3S/c1-5-11-18-14-12-15(21-17(2,3)4)20-16(19-14)13-9-7-6-8-10-13/h6-10,12H,5,11H2,1-4H3,(H,18,19,20). The van der Waals surface area contributed by atoms with Gasteiger partial charge in [0.1, 0.15) is 10.8 Å². The van der Waals surface area contributed by atoms with Crippen molar-refractivity contribution >= 4 is 17.6 Å². The van der Waals surface area contributed by atoms with E-state index in [0.29, 0.717) is 0 Å². The Morgan fingerprint density at radius 2 is 1.81 bits per heavy atom. The van der Waals surface area contributed by atoms with Crippen LogP contribution in [-0.4, -0.2) is 21.3 Å². The van der Waals surface area contributed by atoms with Crippen LogP contribution in [0.3, 0.4) is 0 Å². The van der Waals surface area contributed by atoms with Gasteiger partial charge >= 0.3 is 0 Å². The van der Waals surface area contributed by atoms with Crippen LogP contribution in [0.25, 0.3) is 11.4 Å². The molecule has 0 atom stereocenters. The van der Waals surface area contributed by atoms with Crippen molar-refractivity contribution in [1.29, 1.82) is 0 Å². The van der Waals surface area contributed by atoms with E-state index >= 15 is 0 Å². The first kappa shape index (κ1) is 15.8. The van der Waals surface area contributed by atoms with Gasteiger partial charge in [-0.2, -0.15) is 0 Å². The maximum Gasteiger partial charge on any atom is 0.162 e. The number of anilines is 1. The molecule has 2 aromatic rings. The van der Waals surface area contributed by atoms with Crippen molar-refractivity contribution in [3.63, 3.8) is 0 Å². The number of hydrogen-bond donors (Lipinski definition) is 1. The molecule has 0 amide bonds. The third kappa shape index (κ3) is 5.05. The lowest BCUT2D eigenvalue weighted by Crippen LogP contribution is -2.09. The van der Waals surface area contributed by atoms with E-state index < -0.39 is 0 Å². The first-order valence-electron chi connectivity index (χ1n) is 7.35. The molecule has 0 aliphatic rings. The summed E-state index contributed by atoms with van der Waals surface area (Å²) in [4.78, 5) is 9.34. The van der Waals surface area contributed by atoms with Gasteiger partial charge in [-0.3, -0.25) is 0 Å². The highest BCUT2D eigenvalue weighted by atomic mass is 32.2. The Morgan fingerprint density at radius 3 is 2.43 bits per heavy atom. The smallest absolute Gasteiger partial charge is 0.162 e. The molecule has 1 heterocycles. The van der Waals surface area contributed by atoms with Gasteiger partial charge in [0, 0.05) is 22.9 Å². The molecular weight excluding hydrogens is 278 g/mol. The zero-order valence-electron chi connectivity index (χ0n) is 13.2. The van der Waals surface area contributed by atoms with Crippen LogP contribution < -0.4 is 5.32 Å². The van der Waals surface area contributed by atoms with Gasteiger partial charge in [0.25, 0.3) is 0 Å². The molecule has 0 bridgehead atoms. The van der Waals surface area contributed by atoms with Gasteiger partial charge in [-0.15, -0.1) is 11.8 Å². The van der Waals surface area contributed by atoms with Crippen LogP contribution in [0.4, 0.5) is 5.82 Å². The molecule has 112 valence electrons. The van der Waals surface area contributed by atoms with Crippen molar-refractivity contribution in [2.75, 3.05) is 11.9 Å². The molecule has 0 unspecified atom stereocenters. The average Bonchev–Trinajstić information content (AvgIpc) is 2.44. The molecule has 0 aliphatic heterocycles. The quantitative estimate of drug-likeness (QED) is 0.632. The predicted molar refractivity (Wildman–Crippen MR) is 91.9 cm³/mol. The zero-order valence-corrected chi connectivity index (χ0v) is 14.0. The average molecular weight is 301 g/mol. The number of aromatic nitrogens is 2. The van der Waals surface area contributed by atoms with E-state index in [-0.39, 0.29) is 4.75 Å². The molecule has 21 heavy (non-hydrogen) atoms. The van der Waals surface area contributed by atoms with Crippen LogP contribution in [0.2, 0.25) is 0 Å². The van der Waals surface area contributed by atoms with E-state index in [9.17, 15) is 0 Å². The van der Waals surface area contributed by atoms with Crippen molar-refractivity contribution in [3.05, 3.63) is 36.4 Å². The number of nitrogens with zero attached hydrogens (tertiary/aromatic N) is 2. The molecule has 4 heteroatoms. The molecule has 0 aliphatic carbocycles. The second-order valence-corrected chi connectivity index (χ2v) is 7.77. The SMILES string of the molecule is CCCNc1cc(SC(C)(C)C)nc(-c2ccccc2)n1. The largest absolute Gasteiger partial charge is 0.370 e. The predicted octanol–water partition coefficient (Wildman–Crippen LogP) is 4.86. The summed E-state index contributed by atoms with van der Waals surface area (Å²) >= 11 is 1.77. The summed E-state index contributed by atoms with van der Waals surface area (Å²) in [5.41, 5.74) is 1.05. The van der Waals surface area contributed by atoms with E-state index in [2.05, 4.69) is 38.0 Å². The minimum atomic E-state index is 0.129. The highest BCUT2D eigenvalue weighted by Gasteiger charge is 2.15. The Balaban J connectivity index is 2.37. The summed E-state index contributed by atoms with van der Waals surface area (Å²) in [6.07, 6.45) is 1.08. The second-order valence-electron chi connectivity index (χ2n) is 5.92. The van der Waals surface area contributed by atoms with Crippen LogP contribution in [0.1, 0.15) is 34.1 Å². The van der Waals surface area contributed by atoms with E-state index in [1.54, 1.807) is 11.8 Å². The van der Waals surface area contributed by atoms with Gasteiger partial charge in [-0.05, 0) is 6.42 Å². The summed E-state index contributed by atoms with van der Waals surface area (Å²) in [5, 5.41) is 4.38. The molecular formula is C17H23N3S. The van der Waals surface area contributed by atoms with Crippen LogP contribution in [0, 0.1) is 0 Å². The summed E-state index contributed by atoms with van der Waals surface area (Å²) in [7, 11) is 0. The first-order valence-corrected chi connectivity index (χ1v) is 8.17. The van der Waals surface area contributed by atoms with Crippen molar-refractivity contribution in [2.24, 2.45) is 0 Å². The van der Waals surface area contributed by atoms with Crippen LogP contribution in [0.15, 0.2) is 41.4 Å². The lowest BCUT2D eigenvalue weighted by atomic mass is 10.2. The molecule has 3 nitrogen and oxygen atoms in total. The fraction of sp³-hybridized carbons (Fsp3) is 0.412. The maximum absolute atomic E-state index is 4.71. The fourth-order valence-corrected chi connectivity index (χ4v) is 2.78. The maximum atomic E-state index is 4.71. The Morgan fingerprint density at radius 1 is 1.10 bits per heavy atom. The van der Waals surface area contributed by atoms with Crippen molar-refractivity contribution in [3.8, 4) is 11.4 Å². The lowest BCUT2D eigenvalue weighted by molar-refractivity contribution is 0.798. The second kappa shape index (κ2) is 6.94. The highest BCUT2D eigenvalue weighted by molar-refractivity contribution is 8.00. The van der Waals surface area contributed by atoms with Crippen LogP contribution in [0.5, 0.6) is 0 Å². The van der Waals surface area contributed by atoms with Gasteiger partial charge in [0.15, 0.2) is 5.82 Å². The number of hydrogen-bond acceptors (Lipinski definition) is 4. The molecule has 0 radical (unpaired) electrons. The Hall–Kier alpha value is -1.55. The molecule has 1 aromatic carbocycles. The molecule has 1 aromatic heterocycles. The topological polar surface area (TPSA) is 37.8 Å². The summed E-state index contributed by atoms with van der Waals surface area (Å²) in [5.74, 6) is 1.68. The van der Waals surface area contributed by atoms with Gasteiger partial charge in [0.2, 0.25) is 0 Å².